The first-order valence-corrected chi connectivity index (χ1v) is 17.3. The maximum Gasteiger partial charge on any atom is 0.101 e. The highest BCUT2D eigenvalue weighted by molar-refractivity contribution is 6.12. The smallest absolute Gasteiger partial charge is 0.101 e. The Morgan fingerprint density at radius 2 is 1.50 bits per heavy atom. The minimum Gasteiger partial charge on any atom is -0.312 e. The van der Waals surface area contributed by atoms with Gasteiger partial charge in [-0.1, -0.05) is 111 Å². The summed E-state index contributed by atoms with van der Waals surface area (Å²) in [6, 6.07) is 40.8. The molecule has 0 amide bonds. The SMILES string of the molecule is CC1CC=CC=C1n1c2ccc(C#N)cc2c2cccc(C3C=CC=CC3(C)c3ccc4c5ccccc5n(-c5ccccc5C#N)c4c3)c21. The van der Waals surface area contributed by atoms with Crippen molar-refractivity contribution in [3.05, 3.63) is 168 Å². The second kappa shape index (κ2) is 11.4. The molecular formula is C46H34N4. The third-order valence-electron chi connectivity index (χ3n) is 11.0. The molecule has 2 aliphatic rings. The Bertz CT molecular complexity index is 2750. The summed E-state index contributed by atoms with van der Waals surface area (Å²) in [6.45, 7) is 4.64. The molecule has 4 nitrogen and oxygen atoms in total. The van der Waals surface area contributed by atoms with Crippen molar-refractivity contribution in [1.29, 1.82) is 10.5 Å². The highest BCUT2D eigenvalue weighted by Crippen LogP contribution is 2.49. The molecular weight excluding hydrogens is 609 g/mol. The molecule has 0 saturated carbocycles. The van der Waals surface area contributed by atoms with Gasteiger partial charge in [0.1, 0.15) is 6.07 Å². The summed E-state index contributed by atoms with van der Waals surface area (Å²) in [5.74, 6) is 0.364. The van der Waals surface area contributed by atoms with Crippen molar-refractivity contribution in [1.82, 2.24) is 9.13 Å². The van der Waals surface area contributed by atoms with Gasteiger partial charge >= 0.3 is 0 Å². The van der Waals surface area contributed by atoms with Crippen LogP contribution in [-0.4, -0.2) is 9.13 Å². The molecule has 9 rings (SSSR count). The summed E-state index contributed by atoms with van der Waals surface area (Å²) < 4.78 is 4.71. The molecule has 3 unspecified atom stereocenters. The van der Waals surface area contributed by atoms with E-state index in [1.54, 1.807) is 0 Å². The second-order valence-electron chi connectivity index (χ2n) is 13.8. The lowest BCUT2D eigenvalue weighted by Crippen LogP contribution is -2.29. The van der Waals surface area contributed by atoms with Crippen molar-refractivity contribution in [2.45, 2.75) is 31.6 Å². The van der Waals surface area contributed by atoms with Crippen LogP contribution in [0.25, 0.3) is 55.0 Å². The lowest BCUT2D eigenvalue weighted by Gasteiger charge is -2.37. The van der Waals surface area contributed by atoms with Gasteiger partial charge in [0.05, 0.1) is 45.0 Å². The minimum absolute atomic E-state index is 0.0198. The average molecular weight is 643 g/mol. The van der Waals surface area contributed by atoms with Gasteiger partial charge in [-0.15, -0.1) is 0 Å². The molecule has 3 atom stereocenters. The van der Waals surface area contributed by atoms with Crippen LogP contribution < -0.4 is 0 Å². The minimum atomic E-state index is -0.390. The van der Waals surface area contributed by atoms with Crippen LogP contribution in [0.15, 0.2) is 146 Å². The predicted molar refractivity (Wildman–Crippen MR) is 205 cm³/mol. The molecule has 2 aliphatic carbocycles. The van der Waals surface area contributed by atoms with Gasteiger partial charge in [0.2, 0.25) is 0 Å². The number of rotatable bonds is 4. The van der Waals surface area contributed by atoms with E-state index in [9.17, 15) is 10.5 Å². The number of benzene rings is 5. The summed E-state index contributed by atoms with van der Waals surface area (Å²) in [7, 11) is 0. The predicted octanol–water partition coefficient (Wildman–Crippen LogP) is 11.2. The van der Waals surface area contributed by atoms with E-state index in [2.05, 4.69) is 144 Å². The lowest BCUT2D eigenvalue weighted by molar-refractivity contribution is 0.527. The molecule has 0 radical (unpaired) electrons. The Hall–Kier alpha value is -6.36. The van der Waals surface area contributed by atoms with E-state index in [1.807, 2.05) is 36.4 Å². The number of nitriles is 2. The molecule has 7 aromatic rings. The van der Waals surface area contributed by atoms with E-state index >= 15 is 0 Å². The summed E-state index contributed by atoms with van der Waals surface area (Å²) in [5, 5.41) is 24.6. The third-order valence-corrected chi connectivity index (χ3v) is 11.0. The quantitative estimate of drug-likeness (QED) is 0.192. The second-order valence-corrected chi connectivity index (χ2v) is 13.8. The average Bonchev–Trinajstić information content (AvgIpc) is 3.67. The molecule has 0 saturated heterocycles. The number of allylic oxidation sites excluding steroid dienone is 8. The van der Waals surface area contributed by atoms with Crippen LogP contribution in [0.4, 0.5) is 0 Å². The van der Waals surface area contributed by atoms with Gasteiger partial charge in [0.15, 0.2) is 0 Å². The van der Waals surface area contributed by atoms with Gasteiger partial charge in [-0.2, -0.15) is 10.5 Å². The van der Waals surface area contributed by atoms with Gasteiger partial charge < -0.3 is 9.13 Å². The highest BCUT2D eigenvalue weighted by atomic mass is 15.0. The van der Waals surface area contributed by atoms with E-state index in [0.717, 1.165) is 50.2 Å². The molecule has 0 aliphatic heterocycles. The number of nitrogens with zero attached hydrogens (tertiary/aromatic N) is 4. The monoisotopic (exact) mass is 642 g/mol. The van der Waals surface area contributed by atoms with Crippen LogP contribution in [0.1, 0.15) is 48.4 Å². The van der Waals surface area contributed by atoms with E-state index in [4.69, 9.17) is 0 Å². The molecule has 50 heavy (non-hydrogen) atoms. The van der Waals surface area contributed by atoms with Crippen molar-refractivity contribution in [2.75, 3.05) is 0 Å². The first-order chi connectivity index (χ1) is 24.5. The van der Waals surface area contributed by atoms with Crippen LogP contribution in [0.2, 0.25) is 0 Å². The molecule has 0 N–H and O–H groups in total. The van der Waals surface area contributed by atoms with E-state index in [-0.39, 0.29) is 5.92 Å². The van der Waals surface area contributed by atoms with Crippen LogP contribution in [0.3, 0.4) is 0 Å². The number of fused-ring (bicyclic) bond motifs is 6. The largest absolute Gasteiger partial charge is 0.312 e. The number of para-hydroxylation sites is 3. The Kier molecular flexibility index (Phi) is 6.77. The van der Waals surface area contributed by atoms with Gasteiger partial charge in [-0.3, -0.25) is 0 Å². The first kappa shape index (κ1) is 29.8. The molecule has 0 bridgehead atoms. The molecule has 2 heterocycles. The molecule has 238 valence electrons. The van der Waals surface area contributed by atoms with Gasteiger partial charge in [0.25, 0.3) is 0 Å². The summed E-state index contributed by atoms with van der Waals surface area (Å²) in [5.41, 5.74) is 10.0. The standard InChI is InChI=1S/C46H34N4/c1-30-12-3-6-18-40(30)50-43-24-21-31(28-47)26-38(43)36-15-11-16-37(45(36)50)39-17-9-10-25-46(39,2)33-22-23-35-34-14-5-8-20-42(34)49(44(35)27-33)41-19-7-4-13-32(41)29-48/h3-11,13-27,30,39H,12H2,1-2H3. The van der Waals surface area contributed by atoms with E-state index in [1.165, 1.54) is 22.3 Å². The topological polar surface area (TPSA) is 57.4 Å². The molecule has 4 heteroatoms. The van der Waals surface area contributed by atoms with Crippen molar-refractivity contribution >= 4 is 49.3 Å². The number of hydrogen-bond acceptors (Lipinski definition) is 2. The fourth-order valence-electron chi connectivity index (χ4n) is 8.48. The Labute approximate surface area is 291 Å². The Morgan fingerprint density at radius 1 is 0.700 bits per heavy atom. The summed E-state index contributed by atoms with van der Waals surface area (Å²) in [4.78, 5) is 0. The van der Waals surface area contributed by atoms with Crippen molar-refractivity contribution in [3.63, 3.8) is 0 Å². The normalized spacial score (nSPS) is 20.0. The fourth-order valence-corrected chi connectivity index (χ4v) is 8.48. The molecule has 5 aromatic carbocycles. The highest BCUT2D eigenvalue weighted by Gasteiger charge is 2.37. The van der Waals surface area contributed by atoms with Gasteiger partial charge in [0, 0.05) is 44.5 Å². The van der Waals surface area contributed by atoms with E-state index in [0.29, 0.717) is 17.0 Å². The van der Waals surface area contributed by atoms with Crippen LogP contribution in [-0.2, 0) is 5.41 Å². The summed E-state index contributed by atoms with van der Waals surface area (Å²) >= 11 is 0. The van der Waals surface area contributed by atoms with Crippen LogP contribution >= 0.6 is 0 Å². The van der Waals surface area contributed by atoms with Gasteiger partial charge in [-0.05, 0) is 66.1 Å². The lowest BCUT2D eigenvalue weighted by atomic mass is 9.66. The van der Waals surface area contributed by atoms with Crippen molar-refractivity contribution in [3.8, 4) is 17.8 Å². The third kappa shape index (κ3) is 4.29. The zero-order chi connectivity index (χ0) is 34.0. The van der Waals surface area contributed by atoms with Crippen molar-refractivity contribution in [2.24, 2.45) is 5.92 Å². The number of aromatic nitrogens is 2. The van der Waals surface area contributed by atoms with Crippen molar-refractivity contribution < 1.29 is 0 Å². The summed E-state index contributed by atoms with van der Waals surface area (Å²) in [6.07, 6.45) is 16.7. The zero-order valence-electron chi connectivity index (χ0n) is 28.0. The Balaban J connectivity index is 1.31. The number of hydrogen-bond donors (Lipinski definition) is 0. The maximum atomic E-state index is 10.1. The maximum absolute atomic E-state index is 10.1. The van der Waals surface area contributed by atoms with Gasteiger partial charge in [-0.25, -0.2) is 0 Å². The molecule has 0 fully saturated rings. The fraction of sp³-hybridized carbons (Fsp3) is 0.130. The first-order valence-electron chi connectivity index (χ1n) is 17.3. The van der Waals surface area contributed by atoms with Crippen LogP contribution in [0.5, 0.6) is 0 Å². The van der Waals surface area contributed by atoms with Crippen LogP contribution in [0, 0.1) is 28.6 Å². The zero-order valence-corrected chi connectivity index (χ0v) is 28.0. The molecule has 0 spiro atoms. The van der Waals surface area contributed by atoms with E-state index < -0.39 is 5.41 Å². The molecule has 2 aromatic heterocycles. The Morgan fingerprint density at radius 3 is 2.36 bits per heavy atom.